The number of aromatic amines is 1. The molecule has 0 aliphatic carbocycles. The Hall–Kier alpha value is -2.30. The molecule has 24 heavy (non-hydrogen) atoms. The third kappa shape index (κ3) is 2.68. The molecule has 2 amide bonds. The second kappa shape index (κ2) is 6.30. The molecule has 0 radical (unpaired) electrons. The standard InChI is InChI=1S/C19H23N3O2/c23-18(21-9-5-1-2-6-10-21)14-12-22(13-14)19(24)16-11-20-17-8-4-3-7-15(16)17/h3-4,7-8,11,14,20H,1-2,5-6,9-10,12-13H2. The first kappa shape index (κ1) is 15.2. The van der Waals surface area contributed by atoms with Gasteiger partial charge in [-0.05, 0) is 18.9 Å². The maximum atomic E-state index is 12.7. The average molecular weight is 325 g/mol. The summed E-state index contributed by atoms with van der Waals surface area (Å²) in [5, 5.41) is 0.949. The highest BCUT2D eigenvalue weighted by Gasteiger charge is 2.38. The van der Waals surface area contributed by atoms with Crippen LogP contribution in [0.4, 0.5) is 0 Å². The van der Waals surface area contributed by atoms with Gasteiger partial charge in [-0.3, -0.25) is 9.59 Å². The van der Waals surface area contributed by atoms with E-state index in [2.05, 4.69) is 4.98 Å². The molecule has 2 saturated heterocycles. The van der Waals surface area contributed by atoms with E-state index in [9.17, 15) is 9.59 Å². The van der Waals surface area contributed by atoms with Gasteiger partial charge < -0.3 is 14.8 Å². The van der Waals surface area contributed by atoms with Crippen LogP contribution >= 0.6 is 0 Å². The fourth-order valence-corrected chi connectivity index (χ4v) is 3.77. The topological polar surface area (TPSA) is 56.4 Å². The Morgan fingerprint density at radius 3 is 2.42 bits per heavy atom. The molecule has 5 nitrogen and oxygen atoms in total. The van der Waals surface area contributed by atoms with Gasteiger partial charge >= 0.3 is 0 Å². The molecule has 2 aromatic rings. The highest BCUT2D eigenvalue weighted by molar-refractivity contribution is 6.07. The highest BCUT2D eigenvalue weighted by Crippen LogP contribution is 2.25. The SMILES string of the molecule is O=C(c1c[nH]c2ccccc12)N1CC(C(=O)N2CCCCCC2)C1. The van der Waals surface area contributed by atoms with Gasteiger partial charge in [-0.25, -0.2) is 0 Å². The average Bonchev–Trinajstić information content (AvgIpc) is 2.79. The number of nitrogens with one attached hydrogen (secondary N) is 1. The minimum Gasteiger partial charge on any atom is -0.360 e. The number of H-pyrrole nitrogens is 1. The Balaban J connectivity index is 1.40. The number of para-hydroxylation sites is 1. The molecule has 1 aromatic heterocycles. The molecule has 1 N–H and O–H groups in total. The molecule has 5 heteroatoms. The van der Waals surface area contributed by atoms with Gasteiger partial charge in [0, 0.05) is 43.3 Å². The number of hydrogen-bond donors (Lipinski definition) is 1. The quantitative estimate of drug-likeness (QED) is 0.923. The highest BCUT2D eigenvalue weighted by atomic mass is 16.2. The van der Waals surface area contributed by atoms with Crippen LogP contribution in [0.5, 0.6) is 0 Å². The first-order valence-corrected chi connectivity index (χ1v) is 8.88. The van der Waals surface area contributed by atoms with Crippen molar-refractivity contribution in [1.29, 1.82) is 0 Å². The van der Waals surface area contributed by atoms with E-state index in [0.717, 1.165) is 36.8 Å². The maximum absolute atomic E-state index is 12.7. The largest absolute Gasteiger partial charge is 0.360 e. The third-order valence-electron chi connectivity index (χ3n) is 5.26. The van der Waals surface area contributed by atoms with Crippen molar-refractivity contribution >= 4 is 22.7 Å². The van der Waals surface area contributed by atoms with Crippen molar-refractivity contribution in [3.63, 3.8) is 0 Å². The smallest absolute Gasteiger partial charge is 0.256 e. The van der Waals surface area contributed by atoms with E-state index < -0.39 is 0 Å². The van der Waals surface area contributed by atoms with E-state index in [-0.39, 0.29) is 17.7 Å². The van der Waals surface area contributed by atoms with Gasteiger partial charge in [-0.2, -0.15) is 0 Å². The van der Waals surface area contributed by atoms with E-state index in [1.807, 2.05) is 29.2 Å². The number of nitrogens with zero attached hydrogens (tertiary/aromatic N) is 2. The summed E-state index contributed by atoms with van der Waals surface area (Å²) >= 11 is 0. The number of likely N-dealkylation sites (tertiary alicyclic amines) is 2. The van der Waals surface area contributed by atoms with E-state index in [0.29, 0.717) is 18.7 Å². The second-order valence-corrected chi connectivity index (χ2v) is 6.89. The van der Waals surface area contributed by atoms with Crippen LogP contribution in [0.15, 0.2) is 30.5 Å². The van der Waals surface area contributed by atoms with Crippen molar-refractivity contribution in [3.05, 3.63) is 36.0 Å². The Morgan fingerprint density at radius 1 is 0.958 bits per heavy atom. The Morgan fingerprint density at radius 2 is 1.67 bits per heavy atom. The van der Waals surface area contributed by atoms with Gasteiger partial charge in [-0.15, -0.1) is 0 Å². The van der Waals surface area contributed by atoms with Crippen LogP contribution in [-0.2, 0) is 4.79 Å². The van der Waals surface area contributed by atoms with E-state index in [1.54, 1.807) is 11.1 Å². The van der Waals surface area contributed by atoms with E-state index in [1.165, 1.54) is 12.8 Å². The predicted molar refractivity (Wildman–Crippen MR) is 92.7 cm³/mol. The summed E-state index contributed by atoms with van der Waals surface area (Å²) in [6.45, 7) is 2.86. The number of hydrogen-bond acceptors (Lipinski definition) is 2. The molecule has 126 valence electrons. The molecular formula is C19H23N3O2. The van der Waals surface area contributed by atoms with Crippen LogP contribution in [0, 0.1) is 5.92 Å². The van der Waals surface area contributed by atoms with Crippen molar-refractivity contribution in [1.82, 2.24) is 14.8 Å². The van der Waals surface area contributed by atoms with Crippen LogP contribution in [0.2, 0.25) is 0 Å². The van der Waals surface area contributed by atoms with Gasteiger partial charge in [0.05, 0.1) is 11.5 Å². The van der Waals surface area contributed by atoms with Gasteiger partial charge in [0.1, 0.15) is 0 Å². The third-order valence-corrected chi connectivity index (χ3v) is 5.26. The molecule has 2 aliphatic heterocycles. The molecular weight excluding hydrogens is 302 g/mol. The number of carbonyl (C=O) groups is 2. The Kier molecular flexibility index (Phi) is 4.00. The number of rotatable bonds is 2. The summed E-state index contributed by atoms with van der Waals surface area (Å²) in [6.07, 6.45) is 6.43. The molecule has 0 spiro atoms. The summed E-state index contributed by atoms with van der Waals surface area (Å²) in [5.74, 6) is 0.240. The lowest BCUT2D eigenvalue weighted by molar-refractivity contribution is -0.139. The Bertz CT molecular complexity index is 753. The normalized spacial score (nSPS) is 19.2. The zero-order valence-electron chi connectivity index (χ0n) is 13.8. The van der Waals surface area contributed by atoms with Gasteiger partial charge in [0.15, 0.2) is 0 Å². The Labute approximate surface area is 141 Å². The summed E-state index contributed by atoms with van der Waals surface area (Å²) < 4.78 is 0. The molecule has 2 fully saturated rings. The van der Waals surface area contributed by atoms with Gasteiger partial charge in [0.25, 0.3) is 5.91 Å². The molecule has 4 rings (SSSR count). The van der Waals surface area contributed by atoms with Crippen molar-refractivity contribution in [2.24, 2.45) is 5.92 Å². The van der Waals surface area contributed by atoms with Crippen LogP contribution in [-0.4, -0.2) is 52.8 Å². The van der Waals surface area contributed by atoms with Crippen molar-refractivity contribution in [2.45, 2.75) is 25.7 Å². The van der Waals surface area contributed by atoms with Crippen LogP contribution in [0.3, 0.4) is 0 Å². The molecule has 1 aromatic carbocycles. The van der Waals surface area contributed by atoms with Crippen molar-refractivity contribution < 1.29 is 9.59 Å². The second-order valence-electron chi connectivity index (χ2n) is 6.89. The molecule has 0 unspecified atom stereocenters. The minimum absolute atomic E-state index is 0.0164. The van der Waals surface area contributed by atoms with Crippen LogP contribution in [0.1, 0.15) is 36.0 Å². The molecule has 0 saturated carbocycles. The minimum atomic E-state index is -0.0164. The lowest BCUT2D eigenvalue weighted by Gasteiger charge is -2.40. The summed E-state index contributed by atoms with van der Waals surface area (Å²) in [7, 11) is 0. The number of benzene rings is 1. The predicted octanol–water partition coefficient (Wildman–Crippen LogP) is 2.64. The van der Waals surface area contributed by atoms with Crippen LogP contribution < -0.4 is 0 Å². The van der Waals surface area contributed by atoms with Crippen LogP contribution in [0.25, 0.3) is 10.9 Å². The summed E-state index contributed by atoms with van der Waals surface area (Å²) in [5.41, 5.74) is 1.67. The molecule has 2 aliphatic rings. The monoisotopic (exact) mass is 325 g/mol. The van der Waals surface area contributed by atoms with E-state index >= 15 is 0 Å². The fraction of sp³-hybridized carbons (Fsp3) is 0.474. The number of carbonyl (C=O) groups excluding carboxylic acids is 2. The lowest BCUT2D eigenvalue weighted by Crippen LogP contribution is -2.56. The maximum Gasteiger partial charge on any atom is 0.256 e. The van der Waals surface area contributed by atoms with E-state index in [4.69, 9.17) is 0 Å². The molecule has 0 atom stereocenters. The zero-order valence-corrected chi connectivity index (χ0v) is 13.8. The van der Waals surface area contributed by atoms with Gasteiger partial charge in [-0.1, -0.05) is 31.0 Å². The van der Waals surface area contributed by atoms with Gasteiger partial charge in [0.2, 0.25) is 5.91 Å². The molecule has 3 heterocycles. The number of amides is 2. The number of fused-ring (bicyclic) bond motifs is 1. The first-order chi connectivity index (χ1) is 11.7. The van der Waals surface area contributed by atoms with Crippen molar-refractivity contribution in [2.75, 3.05) is 26.2 Å². The number of aromatic nitrogens is 1. The summed E-state index contributed by atoms with van der Waals surface area (Å²) in [6, 6.07) is 7.81. The lowest BCUT2D eigenvalue weighted by atomic mass is 9.97. The fourth-order valence-electron chi connectivity index (χ4n) is 3.77. The zero-order chi connectivity index (χ0) is 16.5. The summed E-state index contributed by atoms with van der Waals surface area (Å²) in [4.78, 5) is 32.2. The first-order valence-electron chi connectivity index (χ1n) is 8.88. The molecule has 0 bridgehead atoms. The van der Waals surface area contributed by atoms with Crippen molar-refractivity contribution in [3.8, 4) is 0 Å².